The van der Waals surface area contributed by atoms with Crippen LogP contribution in [-0.2, 0) is 6.42 Å². The molecular weight excluding hydrogens is 170 g/mol. The molecule has 0 bridgehead atoms. The highest BCUT2D eigenvalue weighted by molar-refractivity contribution is 6.32. The molecule has 0 atom stereocenters. The molecule has 2 N–H and O–H groups in total. The van der Waals surface area contributed by atoms with E-state index in [0.717, 1.165) is 17.0 Å². The van der Waals surface area contributed by atoms with Crippen molar-refractivity contribution in [1.29, 1.82) is 0 Å². The lowest BCUT2D eigenvalue weighted by molar-refractivity contribution is 0.957. The van der Waals surface area contributed by atoms with Crippen molar-refractivity contribution >= 4 is 11.6 Å². The van der Waals surface area contributed by atoms with Crippen molar-refractivity contribution in [2.45, 2.75) is 20.3 Å². The molecule has 0 saturated heterocycles. The first-order chi connectivity index (χ1) is 5.66. The van der Waals surface area contributed by atoms with Gasteiger partial charge in [0.15, 0.2) is 0 Å². The van der Waals surface area contributed by atoms with E-state index in [2.05, 4.69) is 6.07 Å². The lowest BCUT2D eigenvalue weighted by atomic mass is 10.0. The van der Waals surface area contributed by atoms with Gasteiger partial charge in [0.1, 0.15) is 0 Å². The van der Waals surface area contributed by atoms with E-state index in [4.69, 9.17) is 17.3 Å². The van der Waals surface area contributed by atoms with Gasteiger partial charge >= 0.3 is 0 Å². The third-order valence-electron chi connectivity index (χ3n) is 2.11. The number of rotatable bonds is 2. The summed E-state index contributed by atoms with van der Waals surface area (Å²) in [7, 11) is 0. The first-order valence-electron chi connectivity index (χ1n) is 4.11. The Balaban J connectivity index is 3.08. The largest absolute Gasteiger partial charge is 0.330 e. The van der Waals surface area contributed by atoms with Gasteiger partial charge in [-0.05, 0) is 43.5 Å². The smallest absolute Gasteiger partial charge is 0.0467 e. The molecule has 0 radical (unpaired) electrons. The zero-order valence-electron chi connectivity index (χ0n) is 7.52. The first kappa shape index (κ1) is 9.56. The topological polar surface area (TPSA) is 26.0 Å². The highest BCUT2D eigenvalue weighted by Crippen LogP contribution is 2.23. The molecule has 0 aliphatic heterocycles. The summed E-state index contributed by atoms with van der Waals surface area (Å²) in [6, 6.07) is 4.14. The van der Waals surface area contributed by atoms with Crippen LogP contribution in [0.1, 0.15) is 16.7 Å². The molecule has 0 aromatic heterocycles. The van der Waals surface area contributed by atoms with Crippen LogP contribution in [0.3, 0.4) is 0 Å². The van der Waals surface area contributed by atoms with Gasteiger partial charge in [-0.15, -0.1) is 0 Å². The molecule has 1 aromatic carbocycles. The molecular formula is C10H14ClN. The van der Waals surface area contributed by atoms with Gasteiger partial charge in [0.25, 0.3) is 0 Å². The highest BCUT2D eigenvalue weighted by atomic mass is 35.5. The van der Waals surface area contributed by atoms with Crippen LogP contribution in [-0.4, -0.2) is 6.54 Å². The molecule has 0 aliphatic rings. The number of halogens is 1. The Bertz CT molecular complexity index is 281. The summed E-state index contributed by atoms with van der Waals surface area (Å²) in [6.45, 7) is 4.74. The van der Waals surface area contributed by atoms with Crippen molar-refractivity contribution in [2.75, 3.05) is 6.54 Å². The van der Waals surface area contributed by atoms with E-state index in [9.17, 15) is 0 Å². The first-order valence-corrected chi connectivity index (χ1v) is 4.49. The number of hydrogen-bond acceptors (Lipinski definition) is 1. The van der Waals surface area contributed by atoms with Gasteiger partial charge in [0, 0.05) is 5.02 Å². The second kappa shape index (κ2) is 3.92. The molecule has 0 heterocycles. The van der Waals surface area contributed by atoms with Crippen LogP contribution >= 0.6 is 11.6 Å². The number of aryl methyl sites for hydroxylation is 1. The van der Waals surface area contributed by atoms with E-state index in [-0.39, 0.29) is 0 Å². The summed E-state index contributed by atoms with van der Waals surface area (Å²) < 4.78 is 0. The van der Waals surface area contributed by atoms with E-state index in [1.54, 1.807) is 0 Å². The molecule has 66 valence electrons. The van der Waals surface area contributed by atoms with Gasteiger partial charge in [0.05, 0.1) is 0 Å². The van der Waals surface area contributed by atoms with Gasteiger partial charge in [0.2, 0.25) is 0 Å². The van der Waals surface area contributed by atoms with E-state index >= 15 is 0 Å². The van der Waals surface area contributed by atoms with Crippen molar-refractivity contribution < 1.29 is 0 Å². The van der Waals surface area contributed by atoms with Gasteiger partial charge in [-0.3, -0.25) is 0 Å². The average molecular weight is 184 g/mol. The Morgan fingerprint density at radius 2 is 2.00 bits per heavy atom. The third kappa shape index (κ3) is 1.79. The third-order valence-corrected chi connectivity index (χ3v) is 2.69. The minimum Gasteiger partial charge on any atom is -0.330 e. The minimum absolute atomic E-state index is 0.681. The van der Waals surface area contributed by atoms with Crippen LogP contribution in [0.5, 0.6) is 0 Å². The van der Waals surface area contributed by atoms with Crippen molar-refractivity contribution in [3.05, 3.63) is 33.8 Å². The van der Waals surface area contributed by atoms with Crippen molar-refractivity contribution in [3.8, 4) is 0 Å². The standard InChI is InChI=1S/C10H14ClN/c1-7-3-4-9(5-6-12)8(2)10(7)11/h3-4H,5-6,12H2,1-2H3. The summed E-state index contributed by atoms with van der Waals surface area (Å²) in [4.78, 5) is 0. The van der Waals surface area contributed by atoms with E-state index in [1.807, 2.05) is 19.9 Å². The molecule has 1 nitrogen and oxygen atoms in total. The maximum atomic E-state index is 6.08. The van der Waals surface area contributed by atoms with Crippen LogP contribution in [0.15, 0.2) is 12.1 Å². The zero-order chi connectivity index (χ0) is 9.14. The quantitative estimate of drug-likeness (QED) is 0.749. The van der Waals surface area contributed by atoms with Crippen LogP contribution in [0.4, 0.5) is 0 Å². The van der Waals surface area contributed by atoms with E-state index in [0.29, 0.717) is 6.54 Å². The molecule has 0 unspecified atom stereocenters. The molecule has 0 aliphatic carbocycles. The summed E-state index contributed by atoms with van der Waals surface area (Å²) in [5.41, 5.74) is 9.03. The maximum absolute atomic E-state index is 6.08. The Hall–Kier alpha value is -0.530. The molecule has 0 saturated carbocycles. The molecule has 0 fully saturated rings. The maximum Gasteiger partial charge on any atom is 0.0467 e. The van der Waals surface area contributed by atoms with Gasteiger partial charge in [-0.1, -0.05) is 23.7 Å². The van der Waals surface area contributed by atoms with Crippen molar-refractivity contribution in [3.63, 3.8) is 0 Å². The molecule has 12 heavy (non-hydrogen) atoms. The Morgan fingerprint density at radius 1 is 1.33 bits per heavy atom. The normalized spacial score (nSPS) is 10.3. The number of benzene rings is 1. The van der Waals surface area contributed by atoms with Crippen molar-refractivity contribution in [1.82, 2.24) is 0 Å². The number of nitrogens with two attached hydrogens (primary N) is 1. The number of hydrogen-bond donors (Lipinski definition) is 1. The monoisotopic (exact) mass is 183 g/mol. The molecule has 0 spiro atoms. The Morgan fingerprint density at radius 3 is 2.58 bits per heavy atom. The summed E-state index contributed by atoms with van der Waals surface area (Å²) >= 11 is 6.08. The van der Waals surface area contributed by atoms with E-state index in [1.165, 1.54) is 11.1 Å². The second-order valence-electron chi connectivity index (χ2n) is 3.02. The van der Waals surface area contributed by atoms with Gasteiger partial charge in [-0.25, -0.2) is 0 Å². The Labute approximate surface area is 78.5 Å². The van der Waals surface area contributed by atoms with Crippen molar-refractivity contribution in [2.24, 2.45) is 5.73 Å². The van der Waals surface area contributed by atoms with Crippen LogP contribution in [0.25, 0.3) is 0 Å². The fraction of sp³-hybridized carbons (Fsp3) is 0.400. The fourth-order valence-electron chi connectivity index (χ4n) is 1.29. The molecule has 1 rings (SSSR count). The zero-order valence-corrected chi connectivity index (χ0v) is 8.28. The lowest BCUT2D eigenvalue weighted by Gasteiger charge is -2.08. The molecule has 1 aromatic rings. The SMILES string of the molecule is Cc1ccc(CCN)c(C)c1Cl. The summed E-state index contributed by atoms with van der Waals surface area (Å²) in [5, 5.41) is 0.876. The van der Waals surface area contributed by atoms with Crippen LogP contribution in [0.2, 0.25) is 5.02 Å². The summed E-state index contributed by atoms with van der Waals surface area (Å²) in [6.07, 6.45) is 0.909. The highest BCUT2D eigenvalue weighted by Gasteiger charge is 2.03. The predicted octanol–water partition coefficient (Wildman–Crippen LogP) is 2.46. The molecule has 0 amide bonds. The summed E-state index contributed by atoms with van der Waals surface area (Å²) in [5.74, 6) is 0. The fourth-order valence-corrected chi connectivity index (χ4v) is 1.47. The van der Waals surface area contributed by atoms with Crippen LogP contribution in [0, 0.1) is 13.8 Å². The Kier molecular flexibility index (Phi) is 3.12. The second-order valence-corrected chi connectivity index (χ2v) is 3.40. The predicted molar refractivity (Wildman–Crippen MR) is 53.7 cm³/mol. The molecule has 2 heteroatoms. The van der Waals surface area contributed by atoms with Gasteiger partial charge in [-0.2, -0.15) is 0 Å². The van der Waals surface area contributed by atoms with Gasteiger partial charge < -0.3 is 5.73 Å². The van der Waals surface area contributed by atoms with Crippen LogP contribution < -0.4 is 5.73 Å². The lowest BCUT2D eigenvalue weighted by Crippen LogP contribution is -2.04. The van der Waals surface area contributed by atoms with E-state index < -0.39 is 0 Å². The minimum atomic E-state index is 0.681. The average Bonchev–Trinajstić information content (AvgIpc) is 2.07.